The van der Waals surface area contributed by atoms with Gasteiger partial charge in [-0.25, -0.2) is 14.3 Å². The summed E-state index contributed by atoms with van der Waals surface area (Å²) >= 11 is 0. The molecule has 2 aromatic rings. The molecule has 2 aliphatic heterocycles. The van der Waals surface area contributed by atoms with E-state index in [0.29, 0.717) is 5.56 Å². The number of hydrogen-bond acceptors (Lipinski definition) is 5. The first kappa shape index (κ1) is 16.4. The minimum absolute atomic E-state index is 0.219. The van der Waals surface area contributed by atoms with E-state index < -0.39 is 29.7 Å². The number of amides is 2. The lowest BCUT2D eigenvalue weighted by atomic mass is 10.1. The number of benzene rings is 2. The molecular formula is C19H17FN4O2. The molecule has 2 heterocycles. The lowest BCUT2D eigenvalue weighted by molar-refractivity contribution is -0.121. The van der Waals surface area contributed by atoms with Crippen molar-refractivity contribution in [1.82, 2.24) is 0 Å². The van der Waals surface area contributed by atoms with Crippen LogP contribution in [0.5, 0.6) is 0 Å². The first-order chi connectivity index (χ1) is 12.5. The lowest BCUT2D eigenvalue weighted by Gasteiger charge is -2.22. The van der Waals surface area contributed by atoms with Crippen molar-refractivity contribution < 1.29 is 14.0 Å². The molecule has 2 atom stereocenters. The third-order valence-electron chi connectivity index (χ3n) is 4.81. The van der Waals surface area contributed by atoms with Crippen LogP contribution in [0.3, 0.4) is 0 Å². The fourth-order valence-electron chi connectivity index (χ4n) is 3.37. The zero-order valence-corrected chi connectivity index (χ0v) is 14.4. The quantitative estimate of drug-likeness (QED) is 0.797. The number of carbonyl (C=O) groups is 2. The number of imide groups is 1. The van der Waals surface area contributed by atoms with Crippen LogP contribution in [0, 0.1) is 12.7 Å². The van der Waals surface area contributed by atoms with Crippen molar-refractivity contribution in [2.45, 2.75) is 32.4 Å². The third kappa shape index (κ3) is 2.31. The number of nitrogens with zero attached hydrogens (tertiary/aromatic N) is 4. The standard InChI is InChI=1S/C19H17FN4O2/c1-3-12-6-4-5-7-15(12)24-17-16(21-22-24)18(25)23(19(17)26)13-9-8-11(2)14(20)10-13/h4-10,16-17H,3H2,1-2H3. The summed E-state index contributed by atoms with van der Waals surface area (Å²) in [5, 5.41) is 9.61. The molecule has 1 saturated heterocycles. The Morgan fingerprint density at radius 1 is 1.12 bits per heavy atom. The van der Waals surface area contributed by atoms with Crippen LogP contribution in [-0.2, 0) is 16.0 Å². The van der Waals surface area contributed by atoms with E-state index in [2.05, 4.69) is 10.3 Å². The average Bonchev–Trinajstić information content (AvgIpc) is 3.18. The van der Waals surface area contributed by atoms with E-state index in [-0.39, 0.29) is 5.69 Å². The number of carbonyl (C=O) groups excluding carboxylic acids is 2. The van der Waals surface area contributed by atoms with Crippen molar-refractivity contribution in [3.8, 4) is 0 Å². The van der Waals surface area contributed by atoms with Gasteiger partial charge < -0.3 is 0 Å². The Hall–Kier alpha value is -3.09. The van der Waals surface area contributed by atoms with E-state index in [1.807, 2.05) is 31.2 Å². The van der Waals surface area contributed by atoms with E-state index in [1.165, 1.54) is 11.1 Å². The molecule has 0 spiro atoms. The first-order valence-electron chi connectivity index (χ1n) is 8.44. The number of anilines is 2. The molecule has 7 heteroatoms. The Kier molecular flexibility index (Phi) is 3.79. The summed E-state index contributed by atoms with van der Waals surface area (Å²) in [6.07, 6.45) is 0.759. The SMILES string of the molecule is CCc1ccccc1N1N=NC2C(=O)N(c3ccc(C)c(F)c3)C(=O)C21. The van der Waals surface area contributed by atoms with Gasteiger partial charge in [-0.15, -0.1) is 0 Å². The van der Waals surface area contributed by atoms with Crippen molar-refractivity contribution >= 4 is 23.2 Å². The maximum atomic E-state index is 13.9. The molecule has 132 valence electrons. The largest absolute Gasteiger partial charge is 0.271 e. The topological polar surface area (TPSA) is 65.3 Å². The molecule has 6 nitrogen and oxygen atoms in total. The van der Waals surface area contributed by atoms with Gasteiger partial charge in [0.05, 0.1) is 11.4 Å². The highest BCUT2D eigenvalue weighted by molar-refractivity contribution is 6.26. The zero-order chi connectivity index (χ0) is 18.4. The molecule has 2 amide bonds. The van der Waals surface area contributed by atoms with E-state index in [4.69, 9.17) is 0 Å². The number of para-hydroxylation sites is 1. The first-order valence-corrected chi connectivity index (χ1v) is 8.44. The molecule has 0 bridgehead atoms. The highest BCUT2D eigenvalue weighted by Crippen LogP contribution is 2.36. The minimum atomic E-state index is -0.906. The number of aryl methyl sites for hydroxylation is 2. The normalized spacial score (nSPS) is 21.7. The lowest BCUT2D eigenvalue weighted by Crippen LogP contribution is -2.40. The highest BCUT2D eigenvalue weighted by Gasteiger charge is 2.55. The van der Waals surface area contributed by atoms with Crippen LogP contribution in [0.15, 0.2) is 52.8 Å². The molecule has 0 radical (unpaired) electrons. The molecule has 2 aliphatic rings. The van der Waals surface area contributed by atoms with Crippen molar-refractivity contribution in [3.05, 3.63) is 59.4 Å². The summed E-state index contributed by atoms with van der Waals surface area (Å²) in [4.78, 5) is 26.7. The van der Waals surface area contributed by atoms with Crippen LogP contribution in [0.4, 0.5) is 15.8 Å². The minimum Gasteiger partial charge on any atom is -0.271 e. The second-order valence-electron chi connectivity index (χ2n) is 6.37. The van der Waals surface area contributed by atoms with Gasteiger partial charge in [-0.3, -0.25) is 9.59 Å². The van der Waals surface area contributed by atoms with Crippen LogP contribution < -0.4 is 9.91 Å². The van der Waals surface area contributed by atoms with Crippen molar-refractivity contribution in [1.29, 1.82) is 0 Å². The number of rotatable bonds is 3. The molecule has 0 saturated carbocycles. The van der Waals surface area contributed by atoms with Crippen LogP contribution >= 0.6 is 0 Å². The van der Waals surface area contributed by atoms with Gasteiger partial charge in [-0.1, -0.05) is 36.4 Å². The fraction of sp³-hybridized carbons (Fsp3) is 0.263. The second kappa shape index (κ2) is 6.01. The van der Waals surface area contributed by atoms with Crippen LogP contribution in [0.2, 0.25) is 0 Å². The third-order valence-corrected chi connectivity index (χ3v) is 4.81. The molecule has 0 aromatic heterocycles. The summed E-state index contributed by atoms with van der Waals surface area (Å²) in [6, 6.07) is 10.1. The zero-order valence-electron chi connectivity index (χ0n) is 14.4. The average molecular weight is 352 g/mol. The predicted molar refractivity (Wildman–Crippen MR) is 94.4 cm³/mol. The number of halogens is 1. The molecule has 0 aliphatic carbocycles. The van der Waals surface area contributed by atoms with Crippen molar-refractivity contribution in [3.63, 3.8) is 0 Å². The molecular weight excluding hydrogens is 335 g/mol. The van der Waals surface area contributed by atoms with Gasteiger partial charge in [0.1, 0.15) is 5.82 Å². The monoisotopic (exact) mass is 352 g/mol. The smallest absolute Gasteiger partial charge is 0.263 e. The Balaban J connectivity index is 1.73. The molecule has 26 heavy (non-hydrogen) atoms. The van der Waals surface area contributed by atoms with Gasteiger partial charge in [0.2, 0.25) is 0 Å². The van der Waals surface area contributed by atoms with Crippen LogP contribution in [-0.4, -0.2) is 23.9 Å². The molecule has 4 rings (SSSR count). The van der Waals surface area contributed by atoms with Crippen LogP contribution in [0.25, 0.3) is 0 Å². The number of hydrogen-bond donors (Lipinski definition) is 0. The summed E-state index contributed by atoms with van der Waals surface area (Å²) in [7, 11) is 0. The molecule has 0 N–H and O–H groups in total. The Labute approximate surface area is 149 Å². The highest BCUT2D eigenvalue weighted by atomic mass is 19.1. The predicted octanol–water partition coefficient (Wildman–Crippen LogP) is 3.19. The van der Waals surface area contributed by atoms with Gasteiger partial charge in [-0.05, 0) is 42.7 Å². The molecule has 2 aromatic carbocycles. The second-order valence-corrected chi connectivity index (χ2v) is 6.37. The van der Waals surface area contributed by atoms with Gasteiger partial charge in [0.15, 0.2) is 12.1 Å². The summed E-state index contributed by atoms with van der Waals surface area (Å²) in [6.45, 7) is 3.63. The van der Waals surface area contributed by atoms with Crippen molar-refractivity contribution in [2.24, 2.45) is 10.3 Å². The summed E-state index contributed by atoms with van der Waals surface area (Å²) in [5.41, 5.74) is 2.43. The van der Waals surface area contributed by atoms with Crippen LogP contribution in [0.1, 0.15) is 18.1 Å². The van der Waals surface area contributed by atoms with Crippen molar-refractivity contribution in [2.75, 3.05) is 9.91 Å². The van der Waals surface area contributed by atoms with E-state index in [1.54, 1.807) is 19.1 Å². The molecule has 2 unspecified atom stereocenters. The van der Waals surface area contributed by atoms with E-state index >= 15 is 0 Å². The Morgan fingerprint density at radius 3 is 2.62 bits per heavy atom. The number of fused-ring (bicyclic) bond motifs is 1. The Bertz CT molecular complexity index is 943. The molecule has 1 fully saturated rings. The van der Waals surface area contributed by atoms with E-state index in [0.717, 1.165) is 22.6 Å². The van der Waals surface area contributed by atoms with E-state index in [9.17, 15) is 14.0 Å². The maximum absolute atomic E-state index is 13.9. The summed E-state index contributed by atoms with van der Waals surface area (Å²) in [5.74, 6) is -1.39. The van der Waals surface area contributed by atoms with Gasteiger partial charge in [0.25, 0.3) is 11.8 Å². The maximum Gasteiger partial charge on any atom is 0.263 e. The fourth-order valence-corrected chi connectivity index (χ4v) is 3.37. The van der Waals surface area contributed by atoms with Gasteiger partial charge >= 0.3 is 0 Å². The summed E-state index contributed by atoms with van der Waals surface area (Å²) < 4.78 is 13.9. The van der Waals surface area contributed by atoms with Gasteiger partial charge in [0, 0.05) is 0 Å². The van der Waals surface area contributed by atoms with Gasteiger partial charge in [-0.2, -0.15) is 5.11 Å². The Morgan fingerprint density at radius 2 is 1.88 bits per heavy atom.